The molecule has 0 aromatic heterocycles. The van der Waals surface area contributed by atoms with Crippen molar-refractivity contribution in [2.24, 2.45) is 0 Å². The Bertz CT molecular complexity index is 786. The van der Waals surface area contributed by atoms with E-state index in [1.54, 1.807) is 0 Å². The Morgan fingerprint density at radius 2 is 1.28 bits per heavy atom. The lowest BCUT2D eigenvalue weighted by atomic mass is 9.93. The maximum Gasteiger partial charge on any atom is 0.255 e. The third-order valence-electron chi connectivity index (χ3n) is 4.51. The number of rotatable bonds is 5. The van der Waals surface area contributed by atoms with Crippen LogP contribution in [-0.4, -0.2) is 5.29 Å². The second-order valence-electron chi connectivity index (χ2n) is 7.05. The molecule has 0 saturated carbocycles. The predicted molar refractivity (Wildman–Crippen MR) is 115 cm³/mol. The SMILES string of the molecule is CC(C)c1cccc(C(C)C)c1N[P+](=C1C=CC=C1)c1ccccc1. The zero-order valence-electron chi connectivity index (χ0n) is 15.5. The quantitative estimate of drug-likeness (QED) is 0.619. The monoisotopic (exact) mass is 348 g/mol. The van der Waals surface area contributed by atoms with Crippen LogP contribution in [0.5, 0.6) is 0 Å². The maximum absolute atomic E-state index is 3.96. The molecule has 0 aliphatic heterocycles. The average Bonchev–Trinajstić information content (AvgIpc) is 3.14. The van der Waals surface area contributed by atoms with Gasteiger partial charge in [0.2, 0.25) is 0 Å². The second kappa shape index (κ2) is 7.85. The number of allylic oxidation sites excluding steroid dienone is 4. The first kappa shape index (κ1) is 17.7. The molecule has 128 valence electrons. The van der Waals surface area contributed by atoms with Gasteiger partial charge in [0.1, 0.15) is 0 Å². The Hall–Kier alpha value is -2.11. The maximum atomic E-state index is 3.96. The molecule has 2 heteroatoms. The minimum atomic E-state index is -0.622. The summed E-state index contributed by atoms with van der Waals surface area (Å²) in [5.74, 6) is 0.988. The van der Waals surface area contributed by atoms with E-state index in [1.165, 1.54) is 27.4 Å². The Kier molecular flexibility index (Phi) is 5.56. The van der Waals surface area contributed by atoms with Gasteiger partial charge in [-0.1, -0.05) is 76.2 Å². The van der Waals surface area contributed by atoms with Crippen molar-refractivity contribution in [2.45, 2.75) is 39.5 Å². The standard InChI is InChI=1S/C23H27NP/c1-17(2)21-15-10-16-22(18(3)4)23(21)24-25(20-13-8-9-14-20)19-11-6-5-7-12-19/h5-18,24H,1-4H3/q+1. The molecular weight excluding hydrogens is 321 g/mol. The van der Waals surface area contributed by atoms with Crippen LogP contribution in [-0.2, 0) is 0 Å². The number of hydrogen-bond donors (Lipinski definition) is 1. The molecule has 0 spiro atoms. The van der Waals surface area contributed by atoms with Crippen molar-refractivity contribution in [2.75, 3.05) is 5.09 Å². The topological polar surface area (TPSA) is 12.0 Å². The van der Waals surface area contributed by atoms with E-state index in [0.717, 1.165) is 0 Å². The Morgan fingerprint density at radius 3 is 1.80 bits per heavy atom. The molecule has 3 rings (SSSR count). The van der Waals surface area contributed by atoms with E-state index >= 15 is 0 Å². The molecule has 1 nitrogen and oxygen atoms in total. The normalized spacial score (nSPS) is 13.8. The number of anilines is 1. The molecule has 25 heavy (non-hydrogen) atoms. The van der Waals surface area contributed by atoms with Crippen molar-refractivity contribution in [1.29, 1.82) is 0 Å². The van der Waals surface area contributed by atoms with E-state index in [1.807, 2.05) is 0 Å². The van der Waals surface area contributed by atoms with Crippen molar-refractivity contribution in [3.8, 4) is 0 Å². The second-order valence-corrected chi connectivity index (χ2v) is 8.97. The molecule has 0 fully saturated rings. The summed E-state index contributed by atoms with van der Waals surface area (Å²) in [7, 11) is -0.622. The number of para-hydroxylation sites is 1. The van der Waals surface area contributed by atoms with Gasteiger partial charge in [-0.25, -0.2) is 5.09 Å². The number of hydrogen-bond acceptors (Lipinski definition) is 1. The van der Waals surface area contributed by atoms with Gasteiger partial charge in [0.05, 0.1) is 5.69 Å². The third kappa shape index (κ3) is 3.94. The predicted octanol–water partition coefficient (Wildman–Crippen LogP) is 6.37. The van der Waals surface area contributed by atoms with Crippen LogP contribution in [0.2, 0.25) is 0 Å². The van der Waals surface area contributed by atoms with Crippen LogP contribution in [0, 0.1) is 0 Å². The molecule has 0 heterocycles. The van der Waals surface area contributed by atoms with Crippen LogP contribution in [0.15, 0.2) is 72.8 Å². The zero-order chi connectivity index (χ0) is 17.8. The zero-order valence-corrected chi connectivity index (χ0v) is 16.4. The van der Waals surface area contributed by atoms with E-state index in [4.69, 9.17) is 0 Å². The highest BCUT2D eigenvalue weighted by atomic mass is 31.1. The van der Waals surface area contributed by atoms with Gasteiger partial charge in [-0.2, -0.15) is 0 Å². The van der Waals surface area contributed by atoms with Crippen molar-refractivity contribution in [3.05, 3.63) is 84.0 Å². The van der Waals surface area contributed by atoms with Crippen LogP contribution in [0.3, 0.4) is 0 Å². The molecule has 1 aliphatic carbocycles. The highest BCUT2D eigenvalue weighted by molar-refractivity contribution is 7.68. The van der Waals surface area contributed by atoms with Gasteiger partial charge in [-0.05, 0) is 47.2 Å². The first-order chi connectivity index (χ1) is 12.1. The van der Waals surface area contributed by atoms with Gasteiger partial charge in [-0.3, -0.25) is 0 Å². The van der Waals surface area contributed by atoms with Crippen molar-refractivity contribution < 1.29 is 0 Å². The van der Waals surface area contributed by atoms with Crippen molar-refractivity contribution >= 4 is 24.0 Å². The van der Waals surface area contributed by atoms with Crippen LogP contribution < -0.4 is 10.4 Å². The highest BCUT2D eigenvalue weighted by Gasteiger charge is 2.24. The highest BCUT2D eigenvalue weighted by Crippen LogP contribution is 2.38. The van der Waals surface area contributed by atoms with Gasteiger partial charge < -0.3 is 0 Å². The Morgan fingerprint density at radius 1 is 0.720 bits per heavy atom. The lowest BCUT2D eigenvalue weighted by molar-refractivity contribution is 0.840. The van der Waals surface area contributed by atoms with Gasteiger partial charge in [0.15, 0.2) is 10.6 Å². The van der Waals surface area contributed by atoms with Gasteiger partial charge in [0, 0.05) is 0 Å². The fourth-order valence-corrected chi connectivity index (χ4v) is 5.14. The van der Waals surface area contributed by atoms with Crippen molar-refractivity contribution in [1.82, 2.24) is 0 Å². The van der Waals surface area contributed by atoms with E-state index in [-0.39, 0.29) is 0 Å². The molecule has 0 saturated heterocycles. The average molecular weight is 348 g/mol. The molecule has 1 N–H and O–H groups in total. The fraction of sp³-hybridized carbons (Fsp3) is 0.261. The molecule has 2 aromatic rings. The number of nitrogens with one attached hydrogen (secondary N) is 1. The van der Waals surface area contributed by atoms with E-state index in [9.17, 15) is 0 Å². The molecule has 1 unspecified atom stereocenters. The molecule has 1 atom stereocenters. The van der Waals surface area contributed by atoms with Crippen LogP contribution in [0.4, 0.5) is 5.69 Å². The summed E-state index contributed by atoms with van der Waals surface area (Å²) < 4.78 is 0. The van der Waals surface area contributed by atoms with E-state index in [0.29, 0.717) is 11.8 Å². The number of benzene rings is 2. The summed E-state index contributed by atoms with van der Waals surface area (Å²) >= 11 is 0. The van der Waals surface area contributed by atoms with Crippen LogP contribution in [0.1, 0.15) is 50.7 Å². The van der Waals surface area contributed by atoms with Gasteiger partial charge >= 0.3 is 0 Å². The molecule has 2 aromatic carbocycles. The summed E-state index contributed by atoms with van der Waals surface area (Å²) in [5.41, 5.74) is 4.13. The molecule has 0 bridgehead atoms. The smallest absolute Gasteiger partial charge is 0.207 e. The molecule has 0 radical (unpaired) electrons. The van der Waals surface area contributed by atoms with Crippen LogP contribution in [0.25, 0.3) is 0 Å². The Balaban J connectivity index is 2.15. The lowest BCUT2D eigenvalue weighted by Gasteiger charge is -2.18. The summed E-state index contributed by atoms with van der Waals surface area (Å²) in [4.78, 5) is 0. The van der Waals surface area contributed by atoms with Crippen molar-refractivity contribution in [3.63, 3.8) is 0 Å². The largest absolute Gasteiger partial charge is 0.255 e. The minimum absolute atomic E-state index is 0.494. The fourth-order valence-electron chi connectivity index (χ4n) is 3.16. The van der Waals surface area contributed by atoms with E-state index < -0.39 is 7.70 Å². The first-order valence-corrected chi connectivity index (χ1v) is 10.4. The first-order valence-electron chi connectivity index (χ1n) is 9.04. The van der Waals surface area contributed by atoms with Gasteiger partial charge in [0.25, 0.3) is 7.70 Å². The molecule has 1 aliphatic rings. The third-order valence-corrected chi connectivity index (χ3v) is 6.59. The summed E-state index contributed by atoms with van der Waals surface area (Å²) in [5, 5.41) is 6.69. The van der Waals surface area contributed by atoms with E-state index in [2.05, 4.69) is 106 Å². The molecular formula is C23H27NP+. The summed E-state index contributed by atoms with van der Waals surface area (Å²) in [6.45, 7) is 9.10. The Labute approximate surface area is 152 Å². The summed E-state index contributed by atoms with van der Waals surface area (Å²) in [6, 6.07) is 17.6. The lowest BCUT2D eigenvalue weighted by Crippen LogP contribution is -2.10. The molecule has 0 amide bonds. The van der Waals surface area contributed by atoms with Gasteiger partial charge in [-0.15, -0.1) is 0 Å². The summed E-state index contributed by atoms with van der Waals surface area (Å²) in [6.07, 6.45) is 8.73. The minimum Gasteiger partial charge on any atom is -0.207 e. The van der Waals surface area contributed by atoms with Crippen LogP contribution >= 0.6 is 7.70 Å².